The van der Waals surface area contributed by atoms with E-state index in [1.165, 1.54) is 37.3 Å². The van der Waals surface area contributed by atoms with Crippen molar-refractivity contribution in [1.29, 1.82) is 0 Å². The molecule has 0 saturated carbocycles. The third kappa shape index (κ3) is 19.3. The van der Waals surface area contributed by atoms with Crippen LogP contribution in [0.3, 0.4) is 0 Å². The molecule has 23 heteroatoms. The number of aliphatic hydroxyl groups is 1. The van der Waals surface area contributed by atoms with Crippen molar-refractivity contribution < 1.29 is 110 Å². The average Bonchev–Trinajstić information content (AvgIpc) is 0.759. The molecule has 0 aromatic heterocycles. The quantitative estimate of drug-likeness (QED) is 0.0259. The van der Waals surface area contributed by atoms with Gasteiger partial charge < -0.3 is 85.7 Å². The number of carbonyl (C=O) groups is 6. The summed E-state index contributed by atoms with van der Waals surface area (Å²) >= 11 is 0. The van der Waals surface area contributed by atoms with Crippen molar-refractivity contribution in [3.05, 3.63) is 264 Å². The molecule has 0 bridgehead atoms. The number of carbonyl (C=O) groups excluding carboxylic acids is 6. The van der Waals surface area contributed by atoms with Crippen LogP contribution in [0.25, 0.3) is 0 Å². The number of hydrogen-bond donors (Lipinski definition) is 1. The molecule has 7 aromatic rings. The molecule has 0 radical (unpaired) electrons. The Morgan fingerprint density at radius 2 is 0.889 bits per heavy atom. The third-order valence-corrected chi connectivity index (χ3v) is 16.5. The Morgan fingerprint density at radius 1 is 0.455 bits per heavy atom. The molecule has 0 amide bonds. The lowest BCUT2D eigenvalue weighted by Crippen LogP contribution is -2.69. The lowest BCUT2D eigenvalue weighted by atomic mass is 9.94. The van der Waals surface area contributed by atoms with E-state index in [9.17, 15) is 29.1 Å². The van der Waals surface area contributed by atoms with Crippen molar-refractivity contribution in [2.24, 2.45) is 0 Å². The Hall–Kier alpha value is -9.34. The van der Waals surface area contributed by atoms with Crippen LogP contribution in [0.5, 0.6) is 0 Å². The standard InChI is InChI=1S/C76H76O23/c1-3-41-84-76(83)90-47-57-62(87-43-50-27-13-5-14-28-50)65(98-74-64(94-69(80)52-31-17-7-18-32-52)60(79)61(86-42-49-25-11-4-12-26-49)56(92-74)45-85-59(78)40-39-48(2)77)68(96-71(82)54-35-21-9-22-36-54)75(93-57)99-66-63-58(46-89-72(97-63)55-37-23-10-24-38-55)91-73(88-44-51-29-15-6-16-30-51)67(66)95-70(81)53-33-19-8-20-34-53/h3-38,56-58,60-68,72-75,79H,1,39-47H2,2H3/t56-,57-,58-,60+,61-,62-,63-,64-,65+,66+,67-,68-,72-,73-,74+,75+/m1/s1. The lowest BCUT2D eigenvalue weighted by molar-refractivity contribution is -0.401. The van der Waals surface area contributed by atoms with Gasteiger partial charge in [-0.1, -0.05) is 189 Å². The van der Waals surface area contributed by atoms with E-state index in [0.29, 0.717) is 16.7 Å². The minimum atomic E-state index is -1.98. The zero-order valence-electron chi connectivity index (χ0n) is 54.0. The second kappa shape index (κ2) is 35.4. The number of esters is 4. The maximum atomic E-state index is 15.2. The van der Waals surface area contributed by atoms with Gasteiger partial charge in [-0.15, -0.1) is 0 Å². The highest BCUT2D eigenvalue weighted by atomic mass is 16.8. The second-order valence-electron chi connectivity index (χ2n) is 23.6. The van der Waals surface area contributed by atoms with Gasteiger partial charge in [-0.05, 0) is 60.0 Å². The molecule has 0 unspecified atom stereocenters. The average molecular weight is 1360 g/mol. The van der Waals surface area contributed by atoms with E-state index < -0.39 is 142 Å². The number of Topliss-reactive ketones (excluding diaryl/α,β-unsaturated/α-hetero) is 1. The highest BCUT2D eigenvalue weighted by molar-refractivity contribution is 5.90. The topological polar surface area (TPSA) is 270 Å². The molecule has 7 aromatic carbocycles. The van der Waals surface area contributed by atoms with Crippen LogP contribution in [-0.4, -0.2) is 159 Å². The molecule has 11 rings (SSSR count). The molecular formula is C76H76O23. The van der Waals surface area contributed by atoms with Crippen LogP contribution in [0.4, 0.5) is 4.79 Å². The molecular weight excluding hydrogens is 1280 g/mol. The molecule has 4 aliphatic heterocycles. The molecule has 4 fully saturated rings. The molecule has 4 heterocycles. The molecule has 518 valence electrons. The van der Waals surface area contributed by atoms with E-state index in [0.717, 1.165) is 5.56 Å². The SMILES string of the molecule is C=CCOC(=O)OC[C@H]1O[C@@H](O[C@@H]2[C@@H](OC(=O)c3ccccc3)[C@H](OCc3ccccc3)O[C@@H]3CO[C@@H](c4ccccc4)O[C@@H]23)[C@H](OC(=O)c2ccccc2)[C@@H](O[C@@H]2O[C@H](COC(=O)CCC(C)=O)[C@@H](OCc3ccccc3)[C@H](O)[C@H]2OC(=O)c2ccccc2)[C@@H]1OCc1ccccc1. The Balaban J connectivity index is 1.07. The van der Waals surface area contributed by atoms with Crippen LogP contribution in [0.15, 0.2) is 225 Å². The number of aliphatic hydroxyl groups excluding tert-OH is 1. The van der Waals surface area contributed by atoms with Gasteiger partial charge in [0, 0.05) is 12.0 Å². The fraction of sp³-hybridized carbons (Fsp3) is 0.342. The maximum absolute atomic E-state index is 15.2. The van der Waals surface area contributed by atoms with E-state index in [1.54, 1.807) is 146 Å². The summed E-state index contributed by atoms with van der Waals surface area (Å²) in [7, 11) is 0. The third-order valence-electron chi connectivity index (χ3n) is 16.5. The largest absolute Gasteiger partial charge is 0.508 e. The first-order valence-corrected chi connectivity index (χ1v) is 32.4. The zero-order chi connectivity index (χ0) is 68.9. The van der Waals surface area contributed by atoms with E-state index in [1.807, 2.05) is 42.5 Å². The number of hydrogen-bond acceptors (Lipinski definition) is 23. The Bertz CT molecular complexity index is 3710. The summed E-state index contributed by atoms with van der Waals surface area (Å²) in [6.07, 6.45) is -25.8. The van der Waals surface area contributed by atoms with Gasteiger partial charge in [-0.25, -0.2) is 19.2 Å². The predicted octanol–water partition coefficient (Wildman–Crippen LogP) is 9.72. The molecule has 0 aliphatic carbocycles. The first-order chi connectivity index (χ1) is 48.3. The van der Waals surface area contributed by atoms with Crippen molar-refractivity contribution in [3.63, 3.8) is 0 Å². The number of ketones is 1. The predicted molar refractivity (Wildman–Crippen MR) is 348 cm³/mol. The molecule has 1 N–H and O–H groups in total. The van der Waals surface area contributed by atoms with Crippen LogP contribution in [-0.2, 0) is 105 Å². The van der Waals surface area contributed by atoms with Gasteiger partial charge in [-0.3, -0.25) is 4.79 Å². The minimum absolute atomic E-state index is 0.0323. The Labute approximate surface area is 571 Å². The first-order valence-electron chi connectivity index (χ1n) is 32.4. The van der Waals surface area contributed by atoms with Gasteiger partial charge in [0.15, 0.2) is 43.5 Å². The second-order valence-corrected chi connectivity index (χ2v) is 23.6. The molecule has 99 heavy (non-hydrogen) atoms. The van der Waals surface area contributed by atoms with Gasteiger partial charge in [0.05, 0.1) is 49.5 Å². The van der Waals surface area contributed by atoms with Crippen LogP contribution in [0.2, 0.25) is 0 Å². The van der Waals surface area contributed by atoms with Gasteiger partial charge in [0.25, 0.3) is 0 Å². The molecule has 4 saturated heterocycles. The van der Waals surface area contributed by atoms with Crippen molar-refractivity contribution in [2.45, 2.75) is 138 Å². The molecule has 16 atom stereocenters. The first kappa shape index (κ1) is 71.0. The molecule has 23 nitrogen and oxygen atoms in total. The zero-order valence-corrected chi connectivity index (χ0v) is 54.0. The number of rotatable bonds is 29. The summed E-state index contributed by atoms with van der Waals surface area (Å²) in [5.74, 6) is -3.81. The van der Waals surface area contributed by atoms with Crippen LogP contribution >= 0.6 is 0 Å². The summed E-state index contributed by atoms with van der Waals surface area (Å²) in [6.45, 7) is 2.84. The normalized spacial score (nSPS) is 26.4. The summed E-state index contributed by atoms with van der Waals surface area (Å²) in [5, 5.41) is 13.0. The summed E-state index contributed by atoms with van der Waals surface area (Å²) < 4.78 is 105. The van der Waals surface area contributed by atoms with Crippen LogP contribution in [0, 0.1) is 0 Å². The van der Waals surface area contributed by atoms with Crippen LogP contribution < -0.4 is 0 Å². The highest BCUT2D eigenvalue weighted by Gasteiger charge is 2.60. The monoisotopic (exact) mass is 1360 g/mol. The fourth-order valence-electron chi connectivity index (χ4n) is 11.6. The van der Waals surface area contributed by atoms with Gasteiger partial charge in [0.2, 0.25) is 0 Å². The maximum Gasteiger partial charge on any atom is 0.508 e. The highest BCUT2D eigenvalue weighted by Crippen LogP contribution is 2.42. The fourth-order valence-corrected chi connectivity index (χ4v) is 11.6. The molecule has 4 aliphatic rings. The van der Waals surface area contributed by atoms with E-state index in [-0.39, 0.29) is 68.3 Å². The minimum Gasteiger partial charge on any atom is -0.463 e. The Morgan fingerprint density at radius 3 is 1.40 bits per heavy atom. The Kier molecular flexibility index (Phi) is 25.4. The van der Waals surface area contributed by atoms with Crippen molar-refractivity contribution in [1.82, 2.24) is 0 Å². The van der Waals surface area contributed by atoms with Crippen LogP contribution in [0.1, 0.15) is 79.4 Å². The summed E-state index contributed by atoms with van der Waals surface area (Å²) in [6, 6.07) is 60.0. The van der Waals surface area contributed by atoms with Crippen molar-refractivity contribution in [2.75, 3.05) is 26.4 Å². The number of benzene rings is 7. The smallest absolute Gasteiger partial charge is 0.463 e. The van der Waals surface area contributed by atoms with Gasteiger partial charge in [-0.2, -0.15) is 0 Å². The van der Waals surface area contributed by atoms with Gasteiger partial charge >= 0.3 is 30.0 Å². The lowest BCUT2D eigenvalue weighted by Gasteiger charge is -2.52. The van der Waals surface area contributed by atoms with E-state index in [2.05, 4.69) is 6.58 Å². The van der Waals surface area contributed by atoms with Crippen molar-refractivity contribution >= 4 is 35.8 Å². The number of fused-ring (bicyclic) bond motifs is 1. The molecule has 0 spiro atoms. The summed E-state index contributed by atoms with van der Waals surface area (Å²) in [5.41, 5.74) is 2.82. The number of ether oxygens (including phenoxy) is 16. The van der Waals surface area contributed by atoms with E-state index >= 15 is 4.79 Å². The van der Waals surface area contributed by atoms with Crippen molar-refractivity contribution in [3.8, 4) is 0 Å². The van der Waals surface area contributed by atoms with Gasteiger partial charge in [0.1, 0.15) is 80.5 Å². The van der Waals surface area contributed by atoms with E-state index in [4.69, 9.17) is 75.8 Å². The summed E-state index contributed by atoms with van der Waals surface area (Å²) in [4.78, 5) is 83.6.